The van der Waals surface area contributed by atoms with Crippen LogP contribution in [0.25, 0.3) is 5.69 Å². The predicted molar refractivity (Wildman–Crippen MR) is 134 cm³/mol. The van der Waals surface area contributed by atoms with Crippen LogP contribution in [0.5, 0.6) is 5.75 Å². The number of carbonyl (C=O) groups excluding carboxylic acids is 2. The number of amides is 2. The second-order valence-electron chi connectivity index (χ2n) is 10.5. The molecule has 4 rings (SSSR count). The minimum absolute atomic E-state index is 0.0660. The van der Waals surface area contributed by atoms with E-state index in [0.29, 0.717) is 18.7 Å². The van der Waals surface area contributed by atoms with Crippen molar-refractivity contribution >= 4 is 12.0 Å². The largest absolute Gasteiger partial charge is 0.497 e. The summed E-state index contributed by atoms with van der Waals surface area (Å²) in [4.78, 5) is 30.0. The van der Waals surface area contributed by atoms with Crippen molar-refractivity contribution in [2.75, 3.05) is 33.3 Å². The van der Waals surface area contributed by atoms with Gasteiger partial charge in [-0.05, 0) is 70.7 Å². The van der Waals surface area contributed by atoms with E-state index < -0.39 is 5.60 Å². The Morgan fingerprint density at radius 3 is 2.11 bits per heavy atom. The molecule has 2 aliphatic rings. The van der Waals surface area contributed by atoms with Gasteiger partial charge in [0.2, 0.25) is 0 Å². The van der Waals surface area contributed by atoms with Crippen LogP contribution in [0.3, 0.4) is 0 Å². The molecule has 0 spiro atoms. The van der Waals surface area contributed by atoms with E-state index in [9.17, 15) is 9.59 Å². The number of piperidine rings is 1. The molecule has 8 nitrogen and oxygen atoms in total. The maximum atomic E-state index is 13.7. The highest BCUT2D eigenvalue weighted by Crippen LogP contribution is 2.34. The van der Waals surface area contributed by atoms with E-state index in [1.165, 1.54) is 12.8 Å². The Hall–Kier alpha value is -3.03. The second-order valence-corrected chi connectivity index (χ2v) is 10.5. The van der Waals surface area contributed by atoms with Crippen molar-refractivity contribution in [3.8, 4) is 11.4 Å². The van der Waals surface area contributed by atoms with Crippen molar-refractivity contribution in [2.45, 2.75) is 70.8 Å². The molecule has 0 bridgehead atoms. The topological polar surface area (TPSA) is 76.9 Å². The lowest BCUT2D eigenvalue weighted by Gasteiger charge is -2.34. The number of benzene rings is 1. The van der Waals surface area contributed by atoms with Gasteiger partial charge < -0.3 is 19.3 Å². The van der Waals surface area contributed by atoms with Crippen molar-refractivity contribution in [3.05, 3.63) is 41.7 Å². The van der Waals surface area contributed by atoms with Crippen LogP contribution in [0.2, 0.25) is 0 Å². The summed E-state index contributed by atoms with van der Waals surface area (Å²) in [6.45, 7) is 8.41. The zero-order chi connectivity index (χ0) is 25.0. The van der Waals surface area contributed by atoms with Gasteiger partial charge in [-0.2, -0.15) is 5.10 Å². The summed E-state index contributed by atoms with van der Waals surface area (Å²) in [5, 5.41) is 4.68. The van der Waals surface area contributed by atoms with E-state index in [4.69, 9.17) is 9.47 Å². The minimum atomic E-state index is -0.520. The van der Waals surface area contributed by atoms with Crippen LogP contribution < -0.4 is 4.74 Å². The number of likely N-dealkylation sites (tertiary alicyclic amines) is 2. The molecule has 2 aliphatic heterocycles. The first kappa shape index (κ1) is 25.1. The molecule has 0 aliphatic carbocycles. The minimum Gasteiger partial charge on any atom is -0.497 e. The Morgan fingerprint density at radius 1 is 0.914 bits per heavy atom. The fraction of sp³-hybridized carbons (Fsp3) is 0.593. The Morgan fingerprint density at radius 2 is 1.54 bits per heavy atom. The molecule has 1 aromatic heterocycles. The van der Waals surface area contributed by atoms with E-state index in [0.717, 1.165) is 55.9 Å². The van der Waals surface area contributed by atoms with Gasteiger partial charge in [-0.1, -0.05) is 12.8 Å². The highest BCUT2D eigenvalue weighted by molar-refractivity contribution is 5.95. The number of ether oxygens (including phenoxy) is 2. The maximum Gasteiger partial charge on any atom is 0.410 e. The normalized spacial score (nSPS) is 17.7. The molecule has 2 fully saturated rings. The van der Waals surface area contributed by atoms with Gasteiger partial charge in [-0.3, -0.25) is 4.79 Å². The molecule has 8 heteroatoms. The number of methoxy groups -OCH3 is 1. The van der Waals surface area contributed by atoms with Crippen LogP contribution in [-0.2, 0) is 4.74 Å². The Bertz CT molecular complexity index is 1010. The molecule has 35 heavy (non-hydrogen) atoms. The fourth-order valence-corrected chi connectivity index (χ4v) is 4.95. The van der Waals surface area contributed by atoms with Gasteiger partial charge in [0.1, 0.15) is 11.4 Å². The van der Waals surface area contributed by atoms with E-state index in [2.05, 4.69) is 5.10 Å². The standard InChI is InChI=1S/C27H38N4O4/c1-27(2,3)35-26(33)30-17-13-20(14-18-30)24-23(25(32)29-15-7-5-6-8-16-29)19-28-31(24)21-9-11-22(34-4)12-10-21/h9-12,19-20H,5-8,13-18H2,1-4H3. The molecule has 3 heterocycles. The number of carbonyl (C=O) groups is 2. The van der Waals surface area contributed by atoms with Gasteiger partial charge >= 0.3 is 6.09 Å². The predicted octanol–water partition coefficient (Wildman–Crippen LogP) is 5.01. The first-order chi connectivity index (χ1) is 16.8. The van der Waals surface area contributed by atoms with Crippen molar-refractivity contribution in [1.82, 2.24) is 19.6 Å². The van der Waals surface area contributed by atoms with Crippen LogP contribution in [0, 0.1) is 0 Å². The molecule has 0 radical (unpaired) electrons. The average molecular weight is 483 g/mol. The first-order valence-corrected chi connectivity index (χ1v) is 12.8. The number of hydrogen-bond acceptors (Lipinski definition) is 5. The Balaban J connectivity index is 1.61. The monoisotopic (exact) mass is 482 g/mol. The average Bonchev–Trinajstić information content (AvgIpc) is 3.10. The highest BCUT2D eigenvalue weighted by atomic mass is 16.6. The highest BCUT2D eigenvalue weighted by Gasteiger charge is 2.33. The van der Waals surface area contributed by atoms with Crippen molar-refractivity contribution in [3.63, 3.8) is 0 Å². The zero-order valence-corrected chi connectivity index (χ0v) is 21.5. The summed E-state index contributed by atoms with van der Waals surface area (Å²) in [6.07, 6.45) is 7.38. The third-order valence-electron chi connectivity index (χ3n) is 6.78. The van der Waals surface area contributed by atoms with E-state index in [-0.39, 0.29) is 17.9 Å². The molecule has 190 valence electrons. The molecular formula is C27H38N4O4. The quantitative estimate of drug-likeness (QED) is 0.612. The van der Waals surface area contributed by atoms with E-state index in [1.54, 1.807) is 18.2 Å². The first-order valence-electron chi connectivity index (χ1n) is 12.8. The van der Waals surface area contributed by atoms with Gasteiger partial charge in [-0.15, -0.1) is 0 Å². The summed E-state index contributed by atoms with van der Waals surface area (Å²) in [5.41, 5.74) is 1.99. The molecular weight excluding hydrogens is 444 g/mol. The van der Waals surface area contributed by atoms with Crippen LogP contribution in [-0.4, -0.2) is 70.5 Å². The van der Waals surface area contributed by atoms with Crippen LogP contribution in [0.1, 0.15) is 81.3 Å². The summed E-state index contributed by atoms with van der Waals surface area (Å²) >= 11 is 0. The Labute approximate surface area is 208 Å². The third kappa shape index (κ3) is 5.97. The summed E-state index contributed by atoms with van der Waals surface area (Å²) in [7, 11) is 1.64. The van der Waals surface area contributed by atoms with E-state index >= 15 is 0 Å². The molecule has 2 saturated heterocycles. The summed E-state index contributed by atoms with van der Waals surface area (Å²) < 4.78 is 12.8. The molecule has 0 N–H and O–H groups in total. The lowest BCUT2D eigenvalue weighted by Crippen LogP contribution is -2.41. The second kappa shape index (κ2) is 10.7. The van der Waals surface area contributed by atoms with Crippen molar-refractivity contribution in [2.24, 2.45) is 0 Å². The zero-order valence-electron chi connectivity index (χ0n) is 21.5. The SMILES string of the molecule is COc1ccc(-n2ncc(C(=O)N3CCCCCC3)c2C2CCN(C(=O)OC(C)(C)C)CC2)cc1. The smallest absolute Gasteiger partial charge is 0.410 e. The summed E-state index contributed by atoms with van der Waals surface area (Å²) in [5.74, 6) is 0.953. The van der Waals surface area contributed by atoms with E-state index in [1.807, 2.05) is 54.6 Å². The third-order valence-corrected chi connectivity index (χ3v) is 6.78. The summed E-state index contributed by atoms with van der Waals surface area (Å²) in [6, 6.07) is 7.74. The molecule has 0 unspecified atom stereocenters. The number of aromatic nitrogens is 2. The van der Waals surface area contributed by atoms with Crippen LogP contribution in [0.15, 0.2) is 30.5 Å². The van der Waals surface area contributed by atoms with Crippen LogP contribution in [0.4, 0.5) is 4.79 Å². The van der Waals surface area contributed by atoms with Gasteiger partial charge in [0.15, 0.2) is 0 Å². The van der Waals surface area contributed by atoms with Gasteiger partial charge in [0.05, 0.1) is 30.3 Å². The lowest BCUT2D eigenvalue weighted by molar-refractivity contribution is 0.0203. The molecule has 2 aromatic rings. The lowest BCUT2D eigenvalue weighted by atomic mass is 9.90. The molecule has 1 aromatic carbocycles. The van der Waals surface area contributed by atoms with Gasteiger partial charge in [-0.25, -0.2) is 9.48 Å². The number of rotatable bonds is 4. The fourth-order valence-electron chi connectivity index (χ4n) is 4.95. The Kier molecular flexibility index (Phi) is 7.67. The van der Waals surface area contributed by atoms with Crippen molar-refractivity contribution < 1.29 is 19.1 Å². The van der Waals surface area contributed by atoms with Crippen LogP contribution >= 0.6 is 0 Å². The number of nitrogens with zero attached hydrogens (tertiary/aromatic N) is 4. The maximum absolute atomic E-state index is 13.7. The molecule has 0 atom stereocenters. The van der Waals surface area contributed by atoms with Gasteiger partial charge in [0, 0.05) is 32.1 Å². The number of hydrogen-bond donors (Lipinski definition) is 0. The molecule has 0 saturated carbocycles. The molecule has 2 amide bonds. The van der Waals surface area contributed by atoms with Gasteiger partial charge in [0.25, 0.3) is 5.91 Å². The van der Waals surface area contributed by atoms with Crippen molar-refractivity contribution in [1.29, 1.82) is 0 Å².